The number of nitrogens with one attached hydrogen (secondary N) is 1. The molecule has 0 amide bonds. The van der Waals surface area contributed by atoms with Gasteiger partial charge >= 0.3 is 0 Å². The number of rotatable bonds is 3. The van der Waals surface area contributed by atoms with Crippen molar-refractivity contribution in [2.45, 2.75) is 25.4 Å². The molecular weight excluding hydrogens is 211 g/mol. The van der Waals surface area contributed by atoms with E-state index < -0.39 is 0 Å². The van der Waals surface area contributed by atoms with Crippen molar-refractivity contribution in [3.8, 4) is 0 Å². The molecule has 82 valence electrons. The summed E-state index contributed by atoms with van der Waals surface area (Å²) in [5.74, 6) is 2.19. The van der Waals surface area contributed by atoms with E-state index in [9.17, 15) is 4.39 Å². The Kier molecular flexibility index (Phi) is 3.97. The Labute approximate surface area is 93.7 Å². The third kappa shape index (κ3) is 3.47. The van der Waals surface area contributed by atoms with Gasteiger partial charge in [-0.1, -0.05) is 0 Å². The Morgan fingerprint density at radius 2 is 2.47 bits per heavy atom. The molecule has 1 atom stereocenters. The maximum Gasteiger partial charge on any atom is 0.141 e. The third-order valence-corrected chi connectivity index (χ3v) is 3.73. The molecule has 0 aliphatic carbocycles. The first-order valence-electron chi connectivity index (χ1n) is 5.25. The van der Waals surface area contributed by atoms with Crippen molar-refractivity contribution in [2.24, 2.45) is 0 Å². The lowest BCUT2D eigenvalue weighted by atomic mass is 10.1. The first kappa shape index (κ1) is 10.9. The van der Waals surface area contributed by atoms with Crippen LogP contribution in [0.2, 0.25) is 0 Å². The van der Waals surface area contributed by atoms with Crippen molar-refractivity contribution in [3.63, 3.8) is 0 Å². The minimum Gasteiger partial charge on any atom is -0.309 e. The van der Waals surface area contributed by atoms with Gasteiger partial charge < -0.3 is 5.32 Å². The quantitative estimate of drug-likeness (QED) is 0.855. The van der Waals surface area contributed by atoms with E-state index in [4.69, 9.17) is 0 Å². The molecule has 1 unspecified atom stereocenters. The summed E-state index contributed by atoms with van der Waals surface area (Å²) in [7, 11) is 0. The van der Waals surface area contributed by atoms with E-state index in [0.717, 1.165) is 12.1 Å². The molecular formula is C11H15FN2S. The maximum atomic E-state index is 12.8. The lowest BCUT2D eigenvalue weighted by molar-refractivity contribution is 0.505. The van der Waals surface area contributed by atoms with Crippen LogP contribution in [-0.4, -0.2) is 22.5 Å². The minimum absolute atomic E-state index is 0.257. The number of halogens is 1. The van der Waals surface area contributed by atoms with E-state index in [1.807, 2.05) is 11.8 Å². The Hall–Kier alpha value is -0.610. The largest absolute Gasteiger partial charge is 0.309 e. The Bertz CT molecular complexity index is 313. The van der Waals surface area contributed by atoms with Crippen molar-refractivity contribution in [1.29, 1.82) is 0 Å². The number of nitrogens with zero attached hydrogens (tertiary/aromatic N) is 1. The zero-order valence-electron chi connectivity index (χ0n) is 8.58. The summed E-state index contributed by atoms with van der Waals surface area (Å²) < 4.78 is 12.8. The Morgan fingerprint density at radius 1 is 1.53 bits per heavy atom. The predicted molar refractivity (Wildman–Crippen MR) is 61.4 cm³/mol. The lowest BCUT2D eigenvalue weighted by Gasteiger charge is -2.22. The first-order chi connectivity index (χ1) is 7.34. The molecule has 2 nitrogen and oxygen atoms in total. The van der Waals surface area contributed by atoms with Crippen molar-refractivity contribution < 1.29 is 4.39 Å². The molecule has 0 aromatic carbocycles. The van der Waals surface area contributed by atoms with Crippen LogP contribution in [0.15, 0.2) is 18.5 Å². The molecule has 15 heavy (non-hydrogen) atoms. The average molecular weight is 226 g/mol. The average Bonchev–Trinajstić information content (AvgIpc) is 2.28. The van der Waals surface area contributed by atoms with Crippen LogP contribution in [0.5, 0.6) is 0 Å². The van der Waals surface area contributed by atoms with Crippen LogP contribution in [0.4, 0.5) is 4.39 Å². The molecule has 0 bridgehead atoms. The molecule has 2 rings (SSSR count). The molecule has 1 aliphatic rings. The lowest BCUT2D eigenvalue weighted by Crippen LogP contribution is -2.33. The zero-order chi connectivity index (χ0) is 10.5. The fraction of sp³-hybridized carbons (Fsp3) is 0.545. The zero-order valence-corrected chi connectivity index (χ0v) is 9.39. The van der Waals surface area contributed by atoms with Crippen molar-refractivity contribution in [3.05, 3.63) is 29.8 Å². The van der Waals surface area contributed by atoms with Crippen LogP contribution in [0, 0.1) is 5.82 Å². The molecule has 1 saturated heterocycles. The van der Waals surface area contributed by atoms with Crippen LogP contribution in [0.3, 0.4) is 0 Å². The number of pyridine rings is 1. The highest BCUT2D eigenvalue weighted by atomic mass is 32.2. The van der Waals surface area contributed by atoms with Gasteiger partial charge in [0, 0.05) is 24.5 Å². The molecule has 1 aromatic heterocycles. The monoisotopic (exact) mass is 226 g/mol. The smallest absolute Gasteiger partial charge is 0.141 e. The molecule has 1 N–H and O–H groups in total. The van der Waals surface area contributed by atoms with Gasteiger partial charge in [-0.3, -0.25) is 4.98 Å². The fourth-order valence-corrected chi connectivity index (χ4v) is 2.82. The highest BCUT2D eigenvalue weighted by Gasteiger charge is 2.12. The highest BCUT2D eigenvalue weighted by molar-refractivity contribution is 7.99. The normalized spacial score (nSPS) is 21.5. The van der Waals surface area contributed by atoms with Crippen LogP contribution < -0.4 is 5.32 Å². The Balaban J connectivity index is 1.81. The van der Waals surface area contributed by atoms with E-state index >= 15 is 0 Å². The molecule has 1 aliphatic heterocycles. The van der Waals surface area contributed by atoms with Crippen molar-refractivity contribution in [2.75, 3.05) is 11.5 Å². The topological polar surface area (TPSA) is 24.9 Å². The van der Waals surface area contributed by atoms with E-state index in [0.29, 0.717) is 6.04 Å². The highest BCUT2D eigenvalue weighted by Crippen LogP contribution is 2.17. The molecule has 2 heterocycles. The SMILES string of the molecule is Fc1cncc(CNC2CCCSC2)c1. The van der Waals surface area contributed by atoms with E-state index in [-0.39, 0.29) is 5.82 Å². The molecule has 1 fully saturated rings. The van der Waals surface area contributed by atoms with Gasteiger partial charge in [-0.2, -0.15) is 11.8 Å². The van der Waals surface area contributed by atoms with E-state index in [1.54, 1.807) is 6.20 Å². The molecule has 0 spiro atoms. The summed E-state index contributed by atoms with van der Waals surface area (Å²) in [5.41, 5.74) is 0.922. The van der Waals surface area contributed by atoms with Gasteiger partial charge in [0.15, 0.2) is 0 Å². The summed E-state index contributed by atoms with van der Waals surface area (Å²) in [4.78, 5) is 3.83. The number of hydrogen-bond donors (Lipinski definition) is 1. The van der Waals surface area contributed by atoms with Gasteiger partial charge in [0.25, 0.3) is 0 Å². The summed E-state index contributed by atoms with van der Waals surface area (Å²) >= 11 is 1.99. The van der Waals surface area contributed by atoms with Crippen LogP contribution in [-0.2, 0) is 6.54 Å². The second-order valence-corrected chi connectivity index (χ2v) is 4.96. The van der Waals surface area contributed by atoms with Crippen LogP contribution >= 0.6 is 11.8 Å². The van der Waals surface area contributed by atoms with Crippen molar-refractivity contribution >= 4 is 11.8 Å². The Morgan fingerprint density at radius 3 is 3.20 bits per heavy atom. The number of hydrogen-bond acceptors (Lipinski definition) is 3. The predicted octanol–water partition coefficient (Wildman–Crippen LogP) is 2.21. The molecule has 1 aromatic rings. The summed E-state index contributed by atoms with van der Waals surface area (Å²) in [5, 5.41) is 3.44. The standard InChI is InChI=1S/C11H15FN2S/c12-10-4-9(5-13-7-10)6-14-11-2-1-3-15-8-11/h4-5,7,11,14H,1-3,6,8H2. The number of aromatic nitrogens is 1. The fourth-order valence-electron chi connectivity index (χ4n) is 1.72. The van der Waals surface area contributed by atoms with Crippen LogP contribution in [0.1, 0.15) is 18.4 Å². The second kappa shape index (κ2) is 5.47. The van der Waals surface area contributed by atoms with Gasteiger partial charge in [-0.05, 0) is 30.2 Å². The first-order valence-corrected chi connectivity index (χ1v) is 6.40. The second-order valence-electron chi connectivity index (χ2n) is 3.81. The molecule has 0 radical (unpaired) electrons. The van der Waals surface area contributed by atoms with Gasteiger partial charge in [0.1, 0.15) is 5.82 Å². The van der Waals surface area contributed by atoms with Crippen LogP contribution in [0.25, 0.3) is 0 Å². The minimum atomic E-state index is -0.257. The van der Waals surface area contributed by atoms with Crippen molar-refractivity contribution in [1.82, 2.24) is 10.3 Å². The van der Waals surface area contributed by atoms with Gasteiger partial charge in [0.2, 0.25) is 0 Å². The summed E-state index contributed by atoms with van der Waals surface area (Å²) in [6.45, 7) is 0.718. The number of thioether (sulfide) groups is 1. The summed E-state index contributed by atoms with van der Waals surface area (Å²) in [6, 6.07) is 2.11. The molecule has 0 saturated carbocycles. The molecule has 4 heteroatoms. The van der Waals surface area contributed by atoms with Gasteiger partial charge in [-0.15, -0.1) is 0 Å². The third-order valence-electron chi connectivity index (χ3n) is 2.52. The van der Waals surface area contributed by atoms with E-state index in [1.165, 1.54) is 36.6 Å². The van der Waals surface area contributed by atoms with E-state index in [2.05, 4.69) is 10.3 Å². The maximum absolute atomic E-state index is 12.8. The van der Waals surface area contributed by atoms with Gasteiger partial charge in [-0.25, -0.2) is 4.39 Å². The van der Waals surface area contributed by atoms with Gasteiger partial charge in [0.05, 0.1) is 6.20 Å². The summed E-state index contributed by atoms with van der Waals surface area (Å²) in [6.07, 6.45) is 5.46.